The van der Waals surface area contributed by atoms with E-state index >= 15 is 0 Å². The summed E-state index contributed by atoms with van der Waals surface area (Å²) in [4.78, 5) is 0.139. The van der Waals surface area contributed by atoms with Crippen molar-refractivity contribution in [2.75, 3.05) is 13.2 Å². The van der Waals surface area contributed by atoms with E-state index in [0.29, 0.717) is 29.7 Å². The van der Waals surface area contributed by atoms with Gasteiger partial charge in [-0.3, -0.25) is 0 Å². The molecule has 0 bridgehead atoms. The van der Waals surface area contributed by atoms with Crippen molar-refractivity contribution in [2.24, 2.45) is 0 Å². The van der Waals surface area contributed by atoms with Crippen molar-refractivity contribution in [2.45, 2.75) is 24.3 Å². The average Bonchev–Trinajstić information content (AvgIpc) is 2.79. The van der Waals surface area contributed by atoms with Gasteiger partial charge in [-0.2, -0.15) is 0 Å². The molecule has 0 fully saturated rings. The Labute approximate surface area is 146 Å². The molecule has 0 unspecified atom stereocenters. The summed E-state index contributed by atoms with van der Waals surface area (Å²) in [7, 11) is -3.69. The number of benzene rings is 2. The van der Waals surface area contributed by atoms with Gasteiger partial charge in [0, 0.05) is 23.6 Å². The SMILES string of the molecule is C[C@H](NS(=O)(=O)c1ccc2c(c1)OCCCO2)c1cccc(Cl)c1. The highest BCUT2D eigenvalue weighted by molar-refractivity contribution is 7.89. The highest BCUT2D eigenvalue weighted by Gasteiger charge is 2.21. The van der Waals surface area contributed by atoms with E-state index in [2.05, 4.69) is 4.72 Å². The van der Waals surface area contributed by atoms with E-state index in [9.17, 15) is 8.42 Å². The van der Waals surface area contributed by atoms with Crippen molar-refractivity contribution in [1.29, 1.82) is 0 Å². The monoisotopic (exact) mass is 367 g/mol. The van der Waals surface area contributed by atoms with Gasteiger partial charge in [0.1, 0.15) is 0 Å². The molecular weight excluding hydrogens is 350 g/mol. The van der Waals surface area contributed by atoms with E-state index in [-0.39, 0.29) is 4.90 Å². The molecule has 1 aliphatic heterocycles. The zero-order valence-electron chi connectivity index (χ0n) is 13.2. The lowest BCUT2D eigenvalue weighted by atomic mass is 10.1. The van der Waals surface area contributed by atoms with Crippen molar-refractivity contribution in [3.63, 3.8) is 0 Å². The van der Waals surface area contributed by atoms with Gasteiger partial charge in [0.15, 0.2) is 11.5 Å². The van der Waals surface area contributed by atoms with Gasteiger partial charge in [0.2, 0.25) is 10.0 Å². The first-order chi connectivity index (χ1) is 11.5. The maximum atomic E-state index is 12.6. The Hall–Kier alpha value is -1.76. The third kappa shape index (κ3) is 3.83. The second-order valence-electron chi connectivity index (χ2n) is 5.56. The van der Waals surface area contributed by atoms with E-state index in [1.165, 1.54) is 12.1 Å². The Bertz CT molecular complexity index is 838. The van der Waals surface area contributed by atoms with Crippen LogP contribution in [0.2, 0.25) is 5.02 Å². The molecule has 1 N–H and O–H groups in total. The summed E-state index contributed by atoms with van der Waals surface area (Å²) in [5, 5.41) is 0.564. The molecule has 0 radical (unpaired) electrons. The summed E-state index contributed by atoms with van der Waals surface area (Å²) in [6, 6.07) is 11.3. The molecule has 24 heavy (non-hydrogen) atoms. The number of sulfonamides is 1. The van der Waals surface area contributed by atoms with E-state index in [4.69, 9.17) is 21.1 Å². The fraction of sp³-hybridized carbons (Fsp3) is 0.294. The molecule has 2 aromatic carbocycles. The second-order valence-corrected chi connectivity index (χ2v) is 7.71. The largest absolute Gasteiger partial charge is 0.490 e. The van der Waals surface area contributed by atoms with Crippen LogP contribution in [0.1, 0.15) is 24.9 Å². The van der Waals surface area contributed by atoms with Crippen LogP contribution < -0.4 is 14.2 Å². The number of hydrogen-bond acceptors (Lipinski definition) is 4. The number of fused-ring (bicyclic) bond motifs is 1. The van der Waals surface area contributed by atoms with Crippen molar-refractivity contribution in [3.8, 4) is 11.5 Å². The minimum Gasteiger partial charge on any atom is -0.490 e. The average molecular weight is 368 g/mol. The van der Waals surface area contributed by atoms with E-state index in [1.807, 2.05) is 6.07 Å². The first kappa shape index (κ1) is 17.1. The lowest BCUT2D eigenvalue weighted by Gasteiger charge is -2.16. The molecule has 1 atom stereocenters. The smallest absolute Gasteiger partial charge is 0.241 e. The topological polar surface area (TPSA) is 64.6 Å². The second kappa shape index (κ2) is 7.01. The molecular formula is C17H18ClNO4S. The molecule has 1 aliphatic rings. The van der Waals surface area contributed by atoms with Gasteiger partial charge in [-0.1, -0.05) is 23.7 Å². The molecule has 3 rings (SSSR count). The maximum Gasteiger partial charge on any atom is 0.241 e. The summed E-state index contributed by atoms with van der Waals surface area (Å²) in [6.07, 6.45) is 0.765. The lowest BCUT2D eigenvalue weighted by Crippen LogP contribution is -2.26. The zero-order valence-corrected chi connectivity index (χ0v) is 14.7. The van der Waals surface area contributed by atoms with Crippen molar-refractivity contribution < 1.29 is 17.9 Å². The normalized spacial score (nSPS) is 15.6. The van der Waals surface area contributed by atoms with Crippen LogP contribution in [0.4, 0.5) is 0 Å². The first-order valence-corrected chi connectivity index (χ1v) is 9.49. The number of hydrogen-bond donors (Lipinski definition) is 1. The third-order valence-electron chi connectivity index (χ3n) is 3.71. The molecule has 7 heteroatoms. The molecule has 128 valence electrons. The maximum absolute atomic E-state index is 12.6. The summed E-state index contributed by atoms with van der Waals surface area (Å²) in [5.41, 5.74) is 0.792. The van der Waals surface area contributed by atoms with Crippen LogP contribution in [0.15, 0.2) is 47.4 Å². The molecule has 0 spiro atoms. The minimum absolute atomic E-state index is 0.139. The Morgan fingerprint density at radius 1 is 1.08 bits per heavy atom. The minimum atomic E-state index is -3.69. The van der Waals surface area contributed by atoms with Crippen LogP contribution in [-0.4, -0.2) is 21.6 Å². The van der Waals surface area contributed by atoms with Crippen LogP contribution in [0.25, 0.3) is 0 Å². The van der Waals surface area contributed by atoms with Crippen molar-refractivity contribution in [1.82, 2.24) is 4.72 Å². The number of ether oxygens (including phenoxy) is 2. The summed E-state index contributed by atoms with van der Waals surface area (Å²) >= 11 is 5.96. The highest BCUT2D eigenvalue weighted by atomic mass is 35.5. The Balaban J connectivity index is 1.84. The quantitative estimate of drug-likeness (QED) is 0.897. The molecule has 0 saturated heterocycles. The first-order valence-electron chi connectivity index (χ1n) is 7.63. The third-order valence-corrected chi connectivity index (χ3v) is 5.48. The molecule has 2 aromatic rings. The van der Waals surface area contributed by atoms with Crippen LogP contribution in [0, 0.1) is 0 Å². The molecule has 0 amide bonds. The van der Waals surface area contributed by atoms with E-state index < -0.39 is 16.1 Å². The predicted molar refractivity (Wildman–Crippen MR) is 92.2 cm³/mol. The lowest BCUT2D eigenvalue weighted by molar-refractivity contribution is 0.297. The van der Waals surface area contributed by atoms with Gasteiger partial charge in [0.05, 0.1) is 18.1 Å². The predicted octanol–water partition coefficient (Wildman–Crippen LogP) is 3.54. The molecule has 1 heterocycles. The van der Waals surface area contributed by atoms with Gasteiger partial charge in [-0.25, -0.2) is 13.1 Å². The summed E-state index contributed by atoms with van der Waals surface area (Å²) in [5.74, 6) is 1.01. The van der Waals surface area contributed by atoms with Gasteiger partial charge >= 0.3 is 0 Å². The van der Waals surface area contributed by atoms with Crippen LogP contribution >= 0.6 is 11.6 Å². The van der Waals surface area contributed by atoms with Gasteiger partial charge < -0.3 is 9.47 Å². The summed E-state index contributed by atoms with van der Waals surface area (Å²) < 4.78 is 39.0. The Morgan fingerprint density at radius 2 is 1.83 bits per heavy atom. The zero-order chi connectivity index (χ0) is 17.2. The molecule has 0 saturated carbocycles. The van der Waals surface area contributed by atoms with Gasteiger partial charge in [-0.05, 0) is 36.8 Å². The number of rotatable bonds is 4. The molecule has 0 aliphatic carbocycles. The summed E-state index contributed by atoms with van der Waals surface area (Å²) in [6.45, 7) is 2.83. The van der Waals surface area contributed by atoms with Crippen molar-refractivity contribution >= 4 is 21.6 Å². The fourth-order valence-electron chi connectivity index (χ4n) is 2.46. The van der Waals surface area contributed by atoms with Crippen molar-refractivity contribution in [3.05, 3.63) is 53.1 Å². The van der Waals surface area contributed by atoms with Gasteiger partial charge in [0.25, 0.3) is 0 Å². The molecule has 0 aromatic heterocycles. The Kier molecular flexibility index (Phi) is 4.99. The molecule has 5 nitrogen and oxygen atoms in total. The van der Waals surface area contributed by atoms with E-state index in [1.54, 1.807) is 31.2 Å². The standard InChI is InChI=1S/C17H18ClNO4S/c1-12(13-4-2-5-14(18)10-13)19-24(20,21)15-6-7-16-17(11-15)23-9-3-8-22-16/h2,4-7,10-12,19H,3,8-9H2,1H3/t12-/m0/s1. The van der Waals surface area contributed by atoms with Gasteiger partial charge in [-0.15, -0.1) is 0 Å². The number of halogens is 1. The van der Waals surface area contributed by atoms with E-state index in [0.717, 1.165) is 12.0 Å². The highest BCUT2D eigenvalue weighted by Crippen LogP contribution is 2.32. The number of nitrogens with one attached hydrogen (secondary N) is 1. The van der Waals surface area contributed by atoms with Crippen LogP contribution in [0.5, 0.6) is 11.5 Å². The van der Waals surface area contributed by atoms with Crippen LogP contribution in [-0.2, 0) is 10.0 Å². The Morgan fingerprint density at radius 3 is 2.58 bits per heavy atom. The van der Waals surface area contributed by atoms with Crippen LogP contribution in [0.3, 0.4) is 0 Å². The fourth-order valence-corrected chi connectivity index (χ4v) is 3.90.